The standard InChI is InChI=1S/C17H17F5N2O4/c1-2-27-15(26)14(25)17(21,22)12-5-3-4-6-13(12)28-9-11-7-8-23-24(11)10-16(18,19)20/h3-8,14,25H,2,9-10H2,1H3/t14-/m1/s1/i9D2. The number of ether oxygens (including phenoxy) is 2. The Labute approximate surface area is 159 Å². The first-order chi connectivity index (χ1) is 13.8. The van der Waals surface area contributed by atoms with Gasteiger partial charge < -0.3 is 14.6 Å². The van der Waals surface area contributed by atoms with Crippen molar-refractivity contribution >= 4 is 5.97 Å². The van der Waals surface area contributed by atoms with Crippen molar-refractivity contribution in [1.29, 1.82) is 0 Å². The molecule has 154 valence electrons. The van der Waals surface area contributed by atoms with Crippen LogP contribution < -0.4 is 4.74 Å². The largest absolute Gasteiger partial charge is 0.487 e. The molecule has 0 spiro atoms. The van der Waals surface area contributed by atoms with Crippen molar-refractivity contribution < 1.29 is 44.1 Å². The van der Waals surface area contributed by atoms with Crippen LogP contribution in [-0.4, -0.2) is 39.7 Å². The Hall–Kier alpha value is -2.69. The number of esters is 1. The molecule has 6 nitrogen and oxygen atoms in total. The third-order valence-electron chi connectivity index (χ3n) is 3.41. The normalized spacial score (nSPS) is 14.8. The zero-order chi connectivity index (χ0) is 22.7. The van der Waals surface area contributed by atoms with E-state index in [0.717, 1.165) is 30.5 Å². The molecule has 1 heterocycles. The fraction of sp³-hybridized carbons (Fsp3) is 0.412. The first kappa shape index (κ1) is 18.7. The molecule has 0 radical (unpaired) electrons. The number of alkyl halides is 5. The lowest BCUT2D eigenvalue weighted by Crippen LogP contribution is -2.39. The Morgan fingerprint density at radius 1 is 1.29 bits per heavy atom. The van der Waals surface area contributed by atoms with Gasteiger partial charge >= 0.3 is 18.1 Å². The Balaban J connectivity index is 2.39. The lowest BCUT2D eigenvalue weighted by molar-refractivity contribution is -0.179. The van der Waals surface area contributed by atoms with Crippen molar-refractivity contribution in [2.45, 2.75) is 38.2 Å². The maximum Gasteiger partial charge on any atom is 0.408 e. The van der Waals surface area contributed by atoms with E-state index in [0.29, 0.717) is 0 Å². The topological polar surface area (TPSA) is 73.6 Å². The summed E-state index contributed by atoms with van der Waals surface area (Å²) in [4.78, 5) is 11.5. The number of benzene rings is 1. The highest BCUT2D eigenvalue weighted by Gasteiger charge is 2.47. The average Bonchev–Trinajstić information content (AvgIpc) is 3.08. The molecule has 0 aliphatic carbocycles. The molecule has 0 amide bonds. The van der Waals surface area contributed by atoms with E-state index in [1.54, 1.807) is 0 Å². The molecule has 1 N–H and O–H groups in total. The predicted molar refractivity (Wildman–Crippen MR) is 85.6 cm³/mol. The third kappa shape index (κ3) is 5.18. The van der Waals surface area contributed by atoms with E-state index in [1.165, 1.54) is 13.0 Å². The van der Waals surface area contributed by atoms with E-state index >= 15 is 0 Å². The molecule has 0 unspecified atom stereocenters. The number of carbonyl (C=O) groups excluding carboxylic acids is 1. The summed E-state index contributed by atoms with van der Waals surface area (Å²) in [6.45, 7) is -3.56. The van der Waals surface area contributed by atoms with E-state index in [1.807, 2.05) is 0 Å². The van der Waals surface area contributed by atoms with Crippen LogP contribution >= 0.6 is 0 Å². The summed E-state index contributed by atoms with van der Waals surface area (Å²) in [7, 11) is 0. The number of aliphatic hydroxyl groups is 1. The first-order valence-electron chi connectivity index (χ1n) is 8.89. The van der Waals surface area contributed by atoms with Gasteiger partial charge in [-0.1, -0.05) is 12.1 Å². The Morgan fingerprint density at radius 3 is 2.61 bits per heavy atom. The highest BCUT2D eigenvalue weighted by atomic mass is 19.4. The Morgan fingerprint density at radius 2 is 1.96 bits per heavy atom. The molecule has 2 aromatic rings. The average molecular weight is 410 g/mol. The van der Waals surface area contributed by atoms with Crippen LogP contribution in [-0.2, 0) is 28.6 Å². The van der Waals surface area contributed by atoms with Gasteiger partial charge in [-0.3, -0.25) is 4.68 Å². The number of halogens is 5. The number of para-hydroxylation sites is 1. The molecule has 0 bridgehead atoms. The molecule has 0 aliphatic heterocycles. The van der Waals surface area contributed by atoms with Crippen LogP contribution in [0.2, 0.25) is 0 Å². The fourth-order valence-corrected chi connectivity index (χ4v) is 2.17. The molecular weight excluding hydrogens is 391 g/mol. The Bertz CT molecular complexity index is 889. The van der Waals surface area contributed by atoms with Crippen LogP contribution in [0.3, 0.4) is 0 Å². The van der Waals surface area contributed by atoms with E-state index in [2.05, 4.69) is 9.84 Å². The first-order valence-corrected chi connectivity index (χ1v) is 7.89. The number of aliphatic hydroxyl groups excluding tert-OH is 1. The van der Waals surface area contributed by atoms with E-state index < -0.39 is 54.3 Å². The zero-order valence-corrected chi connectivity index (χ0v) is 14.4. The van der Waals surface area contributed by atoms with Gasteiger partial charge in [-0.05, 0) is 25.1 Å². The maximum atomic E-state index is 14.7. The van der Waals surface area contributed by atoms with E-state index in [4.69, 9.17) is 7.48 Å². The Kier molecular flexibility index (Phi) is 5.70. The van der Waals surface area contributed by atoms with Gasteiger partial charge in [0, 0.05) is 6.20 Å². The van der Waals surface area contributed by atoms with Crippen molar-refractivity contribution in [3.8, 4) is 5.75 Å². The number of hydrogen-bond acceptors (Lipinski definition) is 5. The van der Waals surface area contributed by atoms with E-state index in [-0.39, 0.29) is 11.3 Å². The van der Waals surface area contributed by atoms with Crippen LogP contribution in [0.5, 0.6) is 5.75 Å². The van der Waals surface area contributed by atoms with Gasteiger partial charge in [-0.2, -0.15) is 27.1 Å². The molecule has 0 saturated carbocycles. The minimum Gasteiger partial charge on any atom is -0.487 e. The van der Waals surface area contributed by atoms with Gasteiger partial charge in [0.25, 0.3) is 0 Å². The lowest BCUT2D eigenvalue weighted by Gasteiger charge is -2.23. The van der Waals surface area contributed by atoms with Gasteiger partial charge in [0.2, 0.25) is 6.10 Å². The fourth-order valence-electron chi connectivity index (χ4n) is 2.17. The second-order valence-corrected chi connectivity index (χ2v) is 5.47. The van der Waals surface area contributed by atoms with Gasteiger partial charge in [0.1, 0.15) is 18.9 Å². The molecule has 0 aliphatic rings. The zero-order valence-electron chi connectivity index (χ0n) is 16.4. The van der Waals surface area contributed by atoms with Crippen molar-refractivity contribution in [2.75, 3.05) is 6.61 Å². The minimum atomic E-state index is -4.72. The summed E-state index contributed by atoms with van der Waals surface area (Å²) in [6.07, 6.45) is -6.73. The summed E-state index contributed by atoms with van der Waals surface area (Å²) >= 11 is 0. The number of aromatic nitrogens is 2. The number of rotatable bonds is 8. The summed E-state index contributed by atoms with van der Waals surface area (Å²) in [6, 6.07) is 4.93. The quantitative estimate of drug-likeness (QED) is 0.535. The molecule has 2 rings (SSSR count). The highest BCUT2D eigenvalue weighted by Crippen LogP contribution is 2.38. The summed E-state index contributed by atoms with van der Waals surface area (Å²) in [5, 5.41) is 13.1. The van der Waals surface area contributed by atoms with Crippen molar-refractivity contribution in [1.82, 2.24) is 9.78 Å². The maximum absolute atomic E-state index is 14.7. The third-order valence-corrected chi connectivity index (χ3v) is 3.41. The summed E-state index contributed by atoms with van der Waals surface area (Å²) < 4.78 is 92.9. The van der Waals surface area contributed by atoms with E-state index in [9.17, 15) is 31.9 Å². The monoisotopic (exact) mass is 410 g/mol. The van der Waals surface area contributed by atoms with Crippen LogP contribution in [0.1, 0.15) is 20.9 Å². The number of hydrogen-bond donors (Lipinski definition) is 1. The van der Waals surface area contributed by atoms with Crippen LogP contribution in [0.15, 0.2) is 36.5 Å². The van der Waals surface area contributed by atoms with Gasteiger partial charge in [-0.25, -0.2) is 4.79 Å². The second-order valence-electron chi connectivity index (χ2n) is 5.47. The highest BCUT2D eigenvalue weighted by molar-refractivity contribution is 5.76. The molecule has 11 heteroatoms. The van der Waals surface area contributed by atoms with Crippen LogP contribution in [0, 0.1) is 0 Å². The van der Waals surface area contributed by atoms with Crippen molar-refractivity contribution in [3.63, 3.8) is 0 Å². The number of nitrogens with zero attached hydrogens (tertiary/aromatic N) is 2. The molecular formula is C17H17F5N2O4. The SMILES string of the molecule is [2H]C([2H])(Oc1ccccc1C(F)(F)[C@H](O)C(=O)OCC)c1ccnn1CC(F)(F)F. The summed E-state index contributed by atoms with van der Waals surface area (Å²) in [5.41, 5.74) is -1.74. The molecule has 0 fully saturated rings. The van der Waals surface area contributed by atoms with Gasteiger partial charge in [-0.15, -0.1) is 0 Å². The summed E-state index contributed by atoms with van der Waals surface area (Å²) in [5.74, 6) is -6.65. The van der Waals surface area contributed by atoms with Gasteiger partial charge in [0.15, 0.2) is 0 Å². The molecule has 1 aromatic heterocycles. The van der Waals surface area contributed by atoms with Crippen LogP contribution in [0.4, 0.5) is 22.0 Å². The van der Waals surface area contributed by atoms with Crippen molar-refractivity contribution in [2.24, 2.45) is 0 Å². The number of carbonyl (C=O) groups is 1. The van der Waals surface area contributed by atoms with Crippen molar-refractivity contribution in [3.05, 3.63) is 47.8 Å². The molecule has 1 atom stereocenters. The second kappa shape index (κ2) is 8.55. The van der Waals surface area contributed by atoms with Crippen LogP contribution in [0.25, 0.3) is 0 Å². The molecule has 28 heavy (non-hydrogen) atoms. The molecule has 0 saturated heterocycles. The van der Waals surface area contributed by atoms with Gasteiger partial charge in [0.05, 0.1) is 20.6 Å². The molecule has 1 aromatic carbocycles. The predicted octanol–water partition coefficient (Wildman–Crippen LogP) is 3.04. The lowest BCUT2D eigenvalue weighted by atomic mass is 10.0. The minimum absolute atomic E-state index is 0.268. The smallest absolute Gasteiger partial charge is 0.408 e.